The molecule has 0 saturated heterocycles. The van der Waals surface area contributed by atoms with Crippen LogP contribution in [0.3, 0.4) is 0 Å². The van der Waals surface area contributed by atoms with Crippen molar-refractivity contribution in [2.45, 2.75) is 11.8 Å². The zero-order chi connectivity index (χ0) is 23.0. The highest BCUT2D eigenvalue weighted by Crippen LogP contribution is 2.33. The number of rotatable bonds is 5. The van der Waals surface area contributed by atoms with Gasteiger partial charge in [-0.05, 0) is 25.1 Å². The predicted octanol–water partition coefficient (Wildman–Crippen LogP) is 3.25. The van der Waals surface area contributed by atoms with E-state index < -0.39 is 15.9 Å². The molecule has 0 saturated carbocycles. The summed E-state index contributed by atoms with van der Waals surface area (Å²) >= 11 is 0. The fourth-order valence-corrected chi connectivity index (χ4v) is 4.06. The minimum atomic E-state index is -3.64. The van der Waals surface area contributed by atoms with Crippen molar-refractivity contribution in [1.82, 2.24) is 24.7 Å². The third-order valence-electron chi connectivity index (χ3n) is 4.54. The summed E-state index contributed by atoms with van der Waals surface area (Å²) in [5.74, 6) is 0.495. The lowest BCUT2D eigenvalue weighted by Crippen LogP contribution is -2.11. The average Bonchev–Trinajstić information content (AvgIpc) is 3.32. The van der Waals surface area contributed by atoms with E-state index in [1.54, 1.807) is 43.0 Å². The molecule has 0 bridgehead atoms. The first-order valence-corrected chi connectivity index (χ1v) is 11.1. The number of fused-ring (bicyclic) bond motifs is 1. The lowest BCUT2D eigenvalue weighted by atomic mass is 10.1. The van der Waals surface area contributed by atoms with Crippen molar-refractivity contribution in [3.8, 4) is 11.3 Å². The molecule has 3 N–H and O–H groups in total. The van der Waals surface area contributed by atoms with E-state index in [0.717, 1.165) is 6.26 Å². The Hall–Kier alpha value is -4.00. The number of hydrogen-bond donors (Lipinski definition) is 3. The van der Waals surface area contributed by atoms with Crippen molar-refractivity contribution in [2.75, 3.05) is 16.9 Å². The number of pyridine rings is 1. The fraction of sp³-hybridized carbons (Fsp3) is 0.158. The third-order valence-corrected chi connectivity index (χ3v) is 5.68. The van der Waals surface area contributed by atoms with Crippen LogP contribution in [-0.2, 0) is 21.8 Å². The van der Waals surface area contributed by atoms with E-state index in [1.807, 2.05) is 0 Å². The molecule has 1 amide bonds. The summed E-state index contributed by atoms with van der Waals surface area (Å²) in [6.45, 7) is 1.71. The maximum absolute atomic E-state index is 12.5. The summed E-state index contributed by atoms with van der Waals surface area (Å²) < 4.78 is 38.8. The van der Waals surface area contributed by atoms with E-state index >= 15 is 0 Å². The van der Waals surface area contributed by atoms with E-state index in [-0.39, 0.29) is 22.0 Å². The Morgan fingerprint density at radius 1 is 1.19 bits per heavy atom. The molecular weight excluding hydrogens is 441 g/mol. The molecule has 3 heterocycles. The molecule has 13 heteroatoms. The van der Waals surface area contributed by atoms with Crippen molar-refractivity contribution in [3.05, 3.63) is 42.4 Å². The van der Waals surface area contributed by atoms with Gasteiger partial charge in [0.25, 0.3) is 0 Å². The molecule has 0 radical (unpaired) electrons. The van der Waals surface area contributed by atoms with E-state index in [2.05, 4.69) is 35.6 Å². The summed E-state index contributed by atoms with van der Waals surface area (Å²) in [5.41, 5.74) is 2.59. The quantitative estimate of drug-likeness (QED) is 0.413. The van der Waals surface area contributed by atoms with Gasteiger partial charge in [-0.15, -0.1) is 0 Å². The maximum Gasteiger partial charge on any atom is 0.450 e. The van der Waals surface area contributed by atoms with Crippen molar-refractivity contribution in [1.29, 1.82) is 0 Å². The van der Waals surface area contributed by atoms with E-state index in [0.29, 0.717) is 28.3 Å². The van der Waals surface area contributed by atoms with Gasteiger partial charge in [-0.2, -0.15) is 5.10 Å². The van der Waals surface area contributed by atoms with Gasteiger partial charge in [0.2, 0.25) is 0 Å². The second kappa shape index (κ2) is 7.92. The molecule has 4 rings (SSSR count). The minimum absolute atomic E-state index is 0.0412. The molecule has 3 aromatic heterocycles. The van der Waals surface area contributed by atoms with Gasteiger partial charge in [0.1, 0.15) is 17.2 Å². The minimum Gasteiger partial charge on any atom is -0.353 e. The Morgan fingerprint density at radius 3 is 2.62 bits per heavy atom. The second-order valence-corrected chi connectivity index (χ2v) is 9.03. The number of aryl methyl sites for hydroxylation is 2. The Morgan fingerprint density at radius 2 is 1.97 bits per heavy atom. The van der Waals surface area contributed by atoms with Gasteiger partial charge in [0, 0.05) is 35.7 Å². The van der Waals surface area contributed by atoms with E-state index in [1.165, 1.54) is 12.1 Å². The first kappa shape index (κ1) is 21.2. The first-order chi connectivity index (χ1) is 15.1. The number of aromatic nitrogens is 5. The Balaban J connectivity index is 1.82. The van der Waals surface area contributed by atoms with Crippen LogP contribution in [0.4, 0.5) is 26.5 Å². The number of anilines is 3. The van der Waals surface area contributed by atoms with Gasteiger partial charge in [0.05, 0.1) is 22.0 Å². The van der Waals surface area contributed by atoms with Crippen molar-refractivity contribution in [2.24, 2.45) is 7.05 Å². The number of imidazole rings is 1. The van der Waals surface area contributed by atoms with Gasteiger partial charge in [-0.1, -0.05) is 6.07 Å². The van der Waals surface area contributed by atoms with E-state index in [4.69, 9.17) is 0 Å². The molecule has 1 aromatic carbocycles. The summed E-state index contributed by atoms with van der Waals surface area (Å²) in [5, 5.41) is 9.48. The average molecular weight is 459 g/mol. The summed E-state index contributed by atoms with van der Waals surface area (Å²) in [4.78, 5) is 25.8. The van der Waals surface area contributed by atoms with Gasteiger partial charge in [-0.3, -0.25) is 10.00 Å². The standard InChI is InChI=1S/C19H18FN7O4S/c1-10-21-17-14(9-16(24-18(17)22-10)25-19(28)31-20)23-13-5-4-11(8-15(13)32(3,29)30)12-6-7-27(2)26-12/h4-9H,1-3H3,(H3,21,22,23,24,25,28). The number of nitrogens with zero attached hydrogens (tertiary/aromatic N) is 4. The molecule has 0 aliphatic carbocycles. The molecule has 0 spiro atoms. The Labute approximate surface area is 181 Å². The van der Waals surface area contributed by atoms with Crippen LogP contribution in [0.5, 0.6) is 0 Å². The van der Waals surface area contributed by atoms with E-state index in [9.17, 15) is 17.7 Å². The number of halogens is 1. The van der Waals surface area contributed by atoms with Crippen LogP contribution < -0.4 is 10.6 Å². The smallest absolute Gasteiger partial charge is 0.353 e. The zero-order valence-electron chi connectivity index (χ0n) is 17.2. The maximum atomic E-state index is 12.5. The molecule has 0 fully saturated rings. The number of hydrogen-bond acceptors (Lipinski definition) is 8. The molecule has 4 aromatic rings. The topological polar surface area (TPSA) is 144 Å². The summed E-state index contributed by atoms with van der Waals surface area (Å²) in [6, 6.07) is 8.04. The van der Waals surface area contributed by atoms with Crippen molar-refractivity contribution < 1.29 is 22.7 Å². The highest BCUT2D eigenvalue weighted by atomic mass is 32.2. The molecule has 11 nitrogen and oxygen atoms in total. The lowest BCUT2D eigenvalue weighted by Gasteiger charge is -2.14. The van der Waals surface area contributed by atoms with Crippen LogP contribution in [0, 0.1) is 6.92 Å². The number of carbonyl (C=O) groups is 1. The number of carbonyl (C=O) groups excluding carboxylic acids is 1. The highest BCUT2D eigenvalue weighted by Gasteiger charge is 2.19. The monoisotopic (exact) mass is 459 g/mol. The molecule has 0 atom stereocenters. The first-order valence-electron chi connectivity index (χ1n) is 9.22. The third kappa shape index (κ3) is 4.23. The molecule has 32 heavy (non-hydrogen) atoms. The van der Waals surface area contributed by atoms with Crippen LogP contribution in [0.25, 0.3) is 22.4 Å². The number of H-pyrrole nitrogens is 1. The summed E-state index contributed by atoms with van der Waals surface area (Å²) in [6.07, 6.45) is 1.50. The highest BCUT2D eigenvalue weighted by molar-refractivity contribution is 7.90. The SMILES string of the molecule is Cc1nc2nc(NC(=O)OF)cc(Nc3ccc(-c4ccn(C)n4)cc3S(C)(=O)=O)c2[nH]1. The van der Waals surface area contributed by atoms with Gasteiger partial charge >= 0.3 is 6.09 Å². The number of amides is 1. The predicted molar refractivity (Wildman–Crippen MR) is 115 cm³/mol. The van der Waals surface area contributed by atoms with Crippen molar-refractivity contribution >= 4 is 44.3 Å². The Kier molecular flexibility index (Phi) is 5.26. The Bertz CT molecular complexity index is 1450. The number of nitrogens with one attached hydrogen (secondary N) is 3. The van der Waals surface area contributed by atoms with Crippen molar-refractivity contribution in [3.63, 3.8) is 0 Å². The van der Waals surface area contributed by atoms with Gasteiger partial charge in [0.15, 0.2) is 15.5 Å². The largest absolute Gasteiger partial charge is 0.450 e. The number of sulfone groups is 1. The lowest BCUT2D eigenvalue weighted by molar-refractivity contribution is -0.0544. The zero-order valence-corrected chi connectivity index (χ0v) is 18.0. The molecule has 0 aliphatic heterocycles. The molecule has 0 aliphatic rings. The molecule has 0 unspecified atom stereocenters. The van der Waals surface area contributed by atoms with Crippen LogP contribution >= 0.6 is 0 Å². The molecular formula is C19H18FN7O4S. The number of aromatic amines is 1. The number of benzene rings is 1. The van der Waals surface area contributed by atoms with Crippen LogP contribution in [0.2, 0.25) is 0 Å². The van der Waals surface area contributed by atoms with Crippen LogP contribution in [-0.4, -0.2) is 45.5 Å². The second-order valence-electron chi connectivity index (χ2n) is 7.05. The van der Waals surface area contributed by atoms with Crippen LogP contribution in [0.1, 0.15) is 5.82 Å². The fourth-order valence-electron chi connectivity index (χ4n) is 3.20. The molecule has 166 valence electrons. The summed E-state index contributed by atoms with van der Waals surface area (Å²) in [7, 11) is -1.87. The van der Waals surface area contributed by atoms with Gasteiger partial charge in [-0.25, -0.2) is 28.1 Å². The normalized spacial score (nSPS) is 11.5. The van der Waals surface area contributed by atoms with Gasteiger partial charge < -0.3 is 10.3 Å². The van der Waals surface area contributed by atoms with Crippen LogP contribution in [0.15, 0.2) is 41.4 Å².